The van der Waals surface area contributed by atoms with Crippen LogP contribution in [0, 0.1) is 0 Å². The molecule has 1 saturated heterocycles. The molecule has 0 spiro atoms. The number of thiazole rings is 1. The first-order valence-corrected chi connectivity index (χ1v) is 7.67. The zero-order valence-corrected chi connectivity index (χ0v) is 10.8. The van der Waals surface area contributed by atoms with Gasteiger partial charge in [-0.25, -0.2) is 13.4 Å². The van der Waals surface area contributed by atoms with E-state index in [-0.39, 0.29) is 16.9 Å². The predicted molar refractivity (Wildman–Crippen MR) is 64.1 cm³/mol. The first kappa shape index (κ1) is 12.9. The highest BCUT2D eigenvalue weighted by atomic mass is 32.2. The molecule has 1 aliphatic rings. The number of rotatable bonds is 2. The molecule has 1 aromatic heterocycles. The van der Waals surface area contributed by atoms with Crippen molar-refractivity contribution in [2.75, 3.05) is 13.1 Å². The van der Waals surface area contributed by atoms with Crippen LogP contribution in [0.4, 0.5) is 0 Å². The van der Waals surface area contributed by atoms with Gasteiger partial charge in [-0.1, -0.05) is 0 Å². The Morgan fingerprint density at radius 2 is 2.35 bits per heavy atom. The van der Waals surface area contributed by atoms with Gasteiger partial charge in [0.25, 0.3) is 10.0 Å². The molecule has 96 valence electrons. The van der Waals surface area contributed by atoms with Gasteiger partial charge in [-0.3, -0.25) is 0 Å². The fourth-order valence-electron chi connectivity index (χ4n) is 1.80. The van der Waals surface area contributed by atoms with E-state index in [0.29, 0.717) is 19.4 Å². The Hall–Kier alpha value is -0.540. The highest BCUT2D eigenvalue weighted by molar-refractivity contribution is 7.91. The number of β-amino-alcohol motifs (C(OH)–C–C–N with tert-alkyl or cyclic N) is 1. The van der Waals surface area contributed by atoms with Crippen molar-refractivity contribution >= 4 is 21.4 Å². The third-order valence-electron chi connectivity index (χ3n) is 2.80. The van der Waals surface area contributed by atoms with Crippen molar-refractivity contribution < 1.29 is 13.5 Å². The second-order valence-corrected chi connectivity index (χ2v) is 7.04. The van der Waals surface area contributed by atoms with Crippen LogP contribution in [0.1, 0.15) is 12.8 Å². The van der Waals surface area contributed by atoms with Crippen molar-refractivity contribution in [2.24, 2.45) is 5.73 Å². The lowest BCUT2D eigenvalue weighted by Crippen LogP contribution is -2.42. The summed E-state index contributed by atoms with van der Waals surface area (Å²) in [5.74, 6) is 0. The first-order chi connectivity index (χ1) is 8.01. The maximum absolute atomic E-state index is 12.2. The second-order valence-electron chi connectivity index (χ2n) is 4.03. The van der Waals surface area contributed by atoms with E-state index in [1.54, 1.807) is 5.38 Å². The number of nitrogens with zero attached hydrogens (tertiary/aromatic N) is 2. The van der Waals surface area contributed by atoms with Gasteiger partial charge in [0.05, 0.1) is 6.10 Å². The molecule has 0 amide bonds. The Bertz CT molecular complexity index is 460. The van der Waals surface area contributed by atoms with Gasteiger partial charge in [-0.05, 0) is 12.8 Å². The smallest absolute Gasteiger partial charge is 0.270 e. The minimum Gasteiger partial charge on any atom is -0.390 e. The van der Waals surface area contributed by atoms with Crippen LogP contribution in [0.2, 0.25) is 0 Å². The summed E-state index contributed by atoms with van der Waals surface area (Å²) in [6.07, 6.45) is 1.93. The third kappa shape index (κ3) is 2.66. The summed E-state index contributed by atoms with van der Waals surface area (Å²) in [6, 6.07) is -0.355. The average molecular weight is 277 g/mol. The molecule has 0 bridgehead atoms. The van der Waals surface area contributed by atoms with E-state index in [1.807, 2.05) is 0 Å². The Morgan fingerprint density at radius 3 is 3.00 bits per heavy atom. The van der Waals surface area contributed by atoms with Crippen LogP contribution in [0.3, 0.4) is 0 Å². The lowest BCUT2D eigenvalue weighted by atomic mass is 10.1. The minimum absolute atomic E-state index is 0.0447. The Balaban J connectivity index is 2.22. The molecule has 1 fully saturated rings. The molecular weight excluding hydrogens is 262 g/mol. The van der Waals surface area contributed by atoms with Crippen LogP contribution in [0.25, 0.3) is 0 Å². The van der Waals surface area contributed by atoms with Gasteiger partial charge in [-0.15, -0.1) is 11.3 Å². The maximum atomic E-state index is 12.2. The molecule has 3 N–H and O–H groups in total. The normalized spacial score (nSPS) is 27.9. The van der Waals surface area contributed by atoms with Crippen molar-refractivity contribution in [1.82, 2.24) is 9.29 Å². The Kier molecular flexibility index (Phi) is 3.79. The number of hydrogen-bond donors (Lipinski definition) is 2. The molecule has 0 aromatic carbocycles. The van der Waals surface area contributed by atoms with Crippen LogP contribution in [-0.2, 0) is 10.0 Å². The van der Waals surface area contributed by atoms with Crippen LogP contribution < -0.4 is 5.73 Å². The number of aromatic nitrogens is 1. The fraction of sp³-hybridized carbons (Fsp3) is 0.667. The van der Waals surface area contributed by atoms with E-state index in [9.17, 15) is 13.5 Å². The van der Waals surface area contributed by atoms with Crippen LogP contribution >= 0.6 is 11.3 Å². The van der Waals surface area contributed by atoms with Gasteiger partial charge in [0.2, 0.25) is 4.34 Å². The molecule has 1 aliphatic heterocycles. The lowest BCUT2D eigenvalue weighted by Gasteiger charge is -2.21. The van der Waals surface area contributed by atoms with Gasteiger partial charge in [0, 0.05) is 30.7 Å². The van der Waals surface area contributed by atoms with Gasteiger partial charge >= 0.3 is 0 Å². The van der Waals surface area contributed by atoms with E-state index < -0.39 is 16.1 Å². The molecule has 6 nitrogen and oxygen atoms in total. The van der Waals surface area contributed by atoms with Gasteiger partial charge < -0.3 is 10.8 Å². The predicted octanol–water partition coefficient (Wildman–Crippen LogP) is -0.384. The number of sulfonamides is 1. The summed E-state index contributed by atoms with van der Waals surface area (Å²) in [5, 5.41) is 11.4. The zero-order valence-electron chi connectivity index (χ0n) is 9.19. The number of aliphatic hydroxyl groups excluding tert-OH is 1. The highest BCUT2D eigenvalue weighted by Crippen LogP contribution is 2.21. The lowest BCUT2D eigenvalue weighted by molar-refractivity contribution is 0.130. The van der Waals surface area contributed by atoms with Gasteiger partial charge in [-0.2, -0.15) is 4.31 Å². The van der Waals surface area contributed by atoms with E-state index >= 15 is 0 Å². The molecule has 0 saturated carbocycles. The van der Waals surface area contributed by atoms with Crippen molar-refractivity contribution in [3.8, 4) is 0 Å². The molecule has 2 atom stereocenters. The van der Waals surface area contributed by atoms with Gasteiger partial charge in [0.15, 0.2) is 0 Å². The van der Waals surface area contributed by atoms with E-state index in [4.69, 9.17) is 5.73 Å². The standard InChI is InChI=1S/C9H15N3O3S2/c10-7-2-1-4-12(6-8(7)13)17(14,15)9-11-3-5-16-9/h3,5,7-8,13H,1-2,4,6,10H2. The zero-order chi connectivity index (χ0) is 12.5. The Morgan fingerprint density at radius 1 is 1.59 bits per heavy atom. The maximum Gasteiger partial charge on any atom is 0.270 e. The quantitative estimate of drug-likeness (QED) is 0.768. The summed E-state index contributed by atoms with van der Waals surface area (Å²) in [6.45, 7) is 0.426. The largest absolute Gasteiger partial charge is 0.390 e. The Labute approximate surface area is 104 Å². The number of aliphatic hydroxyl groups is 1. The number of hydrogen-bond acceptors (Lipinski definition) is 6. The second kappa shape index (κ2) is 4.99. The molecule has 0 radical (unpaired) electrons. The topological polar surface area (TPSA) is 96.5 Å². The molecule has 17 heavy (non-hydrogen) atoms. The van der Waals surface area contributed by atoms with Crippen molar-refractivity contribution in [3.63, 3.8) is 0 Å². The number of nitrogens with two attached hydrogens (primary N) is 1. The van der Waals surface area contributed by atoms with Crippen LogP contribution in [-0.4, -0.2) is 48.0 Å². The van der Waals surface area contributed by atoms with Crippen molar-refractivity contribution in [3.05, 3.63) is 11.6 Å². The summed E-state index contributed by atoms with van der Waals surface area (Å²) in [5.41, 5.74) is 5.72. The van der Waals surface area contributed by atoms with Crippen LogP contribution in [0.15, 0.2) is 15.9 Å². The SMILES string of the molecule is NC1CCCN(S(=O)(=O)c2nccs2)CC1O. The molecule has 2 unspecified atom stereocenters. The van der Waals surface area contributed by atoms with E-state index in [1.165, 1.54) is 10.5 Å². The average Bonchev–Trinajstić information content (AvgIpc) is 2.75. The first-order valence-electron chi connectivity index (χ1n) is 5.35. The molecule has 2 rings (SSSR count). The fourth-order valence-corrected chi connectivity index (χ4v) is 4.26. The minimum atomic E-state index is -3.57. The third-order valence-corrected chi connectivity index (χ3v) is 5.84. The molecular formula is C9H15N3O3S2. The van der Waals surface area contributed by atoms with E-state index in [2.05, 4.69) is 4.98 Å². The summed E-state index contributed by atoms with van der Waals surface area (Å²) in [7, 11) is -3.57. The van der Waals surface area contributed by atoms with Crippen molar-refractivity contribution in [1.29, 1.82) is 0 Å². The molecule has 1 aromatic rings. The van der Waals surface area contributed by atoms with Crippen molar-refractivity contribution in [2.45, 2.75) is 29.3 Å². The summed E-state index contributed by atoms with van der Waals surface area (Å²) >= 11 is 1.08. The summed E-state index contributed by atoms with van der Waals surface area (Å²) in [4.78, 5) is 3.81. The monoisotopic (exact) mass is 277 g/mol. The van der Waals surface area contributed by atoms with Crippen LogP contribution in [0.5, 0.6) is 0 Å². The molecule has 2 heterocycles. The van der Waals surface area contributed by atoms with E-state index in [0.717, 1.165) is 11.3 Å². The molecule has 8 heteroatoms. The summed E-state index contributed by atoms with van der Waals surface area (Å²) < 4.78 is 25.7. The highest BCUT2D eigenvalue weighted by Gasteiger charge is 2.32. The van der Waals surface area contributed by atoms with Gasteiger partial charge in [0.1, 0.15) is 0 Å². The molecule has 0 aliphatic carbocycles.